The number of alkyl halides is 2. The molecule has 2 aromatic carbocycles. The number of nitrogens with one attached hydrogen (secondary N) is 2. The van der Waals surface area contributed by atoms with Crippen LogP contribution >= 0.6 is 11.3 Å². The van der Waals surface area contributed by atoms with Crippen LogP contribution in [0.1, 0.15) is 15.9 Å². The number of thiophene rings is 1. The topological polar surface area (TPSA) is 106 Å². The van der Waals surface area contributed by atoms with E-state index in [0.29, 0.717) is 5.56 Å². The first-order valence-corrected chi connectivity index (χ1v) is 11.3. The van der Waals surface area contributed by atoms with Crippen molar-refractivity contribution in [2.45, 2.75) is 10.8 Å². The maximum absolute atomic E-state index is 12.5. The number of methoxy groups -OCH3 is 1. The first-order valence-electron chi connectivity index (χ1n) is 8.92. The molecule has 3 aromatic rings. The van der Waals surface area contributed by atoms with E-state index in [1.165, 1.54) is 49.7 Å². The second-order valence-corrected chi connectivity index (χ2v) is 8.93. The van der Waals surface area contributed by atoms with Crippen LogP contribution in [0.5, 0.6) is 11.5 Å². The molecule has 168 valence electrons. The third kappa shape index (κ3) is 5.80. The lowest BCUT2D eigenvalue weighted by Gasteiger charge is -2.11. The van der Waals surface area contributed by atoms with Crippen LogP contribution < -0.4 is 19.6 Å². The fraction of sp³-hybridized carbons (Fsp3) is 0.100. The zero-order chi connectivity index (χ0) is 23.1. The summed E-state index contributed by atoms with van der Waals surface area (Å²) in [5.74, 6) is -0.736. The molecule has 0 aliphatic carbocycles. The van der Waals surface area contributed by atoms with E-state index in [2.05, 4.69) is 20.0 Å². The highest BCUT2D eigenvalue weighted by Gasteiger charge is 2.19. The molecule has 32 heavy (non-hydrogen) atoms. The minimum Gasteiger partial charge on any atom is -0.493 e. The lowest BCUT2D eigenvalue weighted by Crippen LogP contribution is -2.21. The summed E-state index contributed by atoms with van der Waals surface area (Å²) in [5.41, 5.74) is 2.88. The number of hydrogen-bond acceptors (Lipinski definition) is 7. The van der Waals surface area contributed by atoms with Gasteiger partial charge in [-0.15, -0.1) is 11.3 Å². The van der Waals surface area contributed by atoms with E-state index in [9.17, 15) is 22.0 Å². The van der Waals surface area contributed by atoms with Crippen molar-refractivity contribution in [2.24, 2.45) is 5.10 Å². The summed E-state index contributed by atoms with van der Waals surface area (Å²) < 4.78 is 61.6. The number of para-hydroxylation sites is 1. The molecule has 0 unspecified atom stereocenters. The Morgan fingerprint density at radius 1 is 1.12 bits per heavy atom. The van der Waals surface area contributed by atoms with Gasteiger partial charge in [0.05, 0.1) is 24.6 Å². The average molecular weight is 482 g/mol. The molecular weight excluding hydrogens is 464 g/mol. The molecule has 0 atom stereocenters. The zero-order valence-corrected chi connectivity index (χ0v) is 18.1. The Morgan fingerprint density at radius 3 is 2.59 bits per heavy atom. The van der Waals surface area contributed by atoms with Crippen LogP contribution in [-0.4, -0.2) is 34.3 Å². The SMILES string of the molecule is COc1cc(/C=N\NC(=O)c2ccccc2NS(=O)(=O)c2cccs2)ccc1OC(F)F. The number of hydrazone groups is 1. The average Bonchev–Trinajstić information content (AvgIpc) is 3.30. The standard InChI is InChI=1S/C20H17F2N3O5S2/c1-29-17-11-13(8-9-16(17)30-20(21)22)12-23-24-19(26)14-5-2-3-6-15(14)25-32(27,28)18-7-4-10-31-18/h2-12,20,25H,1H3,(H,24,26)/b23-12-. The molecule has 2 N–H and O–H groups in total. The van der Waals surface area contributed by atoms with Crippen molar-refractivity contribution in [2.75, 3.05) is 11.8 Å². The number of carbonyl (C=O) groups is 1. The van der Waals surface area contributed by atoms with E-state index in [-0.39, 0.29) is 27.0 Å². The van der Waals surface area contributed by atoms with Crippen molar-refractivity contribution >= 4 is 39.2 Å². The van der Waals surface area contributed by atoms with E-state index < -0.39 is 22.5 Å². The molecule has 0 fully saturated rings. The fourth-order valence-corrected chi connectivity index (χ4v) is 4.64. The molecule has 0 saturated heterocycles. The Morgan fingerprint density at radius 2 is 1.91 bits per heavy atom. The third-order valence-corrected chi connectivity index (χ3v) is 6.72. The molecule has 1 aromatic heterocycles. The van der Waals surface area contributed by atoms with Crippen molar-refractivity contribution in [3.63, 3.8) is 0 Å². The molecule has 0 aliphatic rings. The van der Waals surface area contributed by atoms with Crippen LogP contribution in [0.25, 0.3) is 0 Å². The van der Waals surface area contributed by atoms with Gasteiger partial charge in [-0.2, -0.15) is 13.9 Å². The van der Waals surface area contributed by atoms with Gasteiger partial charge >= 0.3 is 6.61 Å². The van der Waals surface area contributed by atoms with Gasteiger partial charge in [-0.1, -0.05) is 18.2 Å². The second-order valence-electron chi connectivity index (χ2n) is 6.07. The van der Waals surface area contributed by atoms with Crippen molar-refractivity contribution in [1.82, 2.24) is 5.43 Å². The number of ether oxygens (including phenoxy) is 2. The molecule has 3 rings (SSSR count). The fourth-order valence-electron chi connectivity index (χ4n) is 2.57. The van der Waals surface area contributed by atoms with Gasteiger partial charge in [0.25, 0.3) is 15.9 Å². The molecule has 0 bridgehead atoms. The van der Waals surface area contributed by atoms with Crippen LogP contribution in [-0.2, 0) is 10.0 Å². The van der Waals surface area contributed by atoms with Gasteiger partial charge in [-0.05, 0) is 47.3 Å². The number of benzene rings is 2. The third-order valence-electron chi connectivity index (χ3n) is 3.96. The highest BCUT2D eigenvalue weighted by molar-refractivity contribution is 7.94. The van der Waals surface area contributed by atoms with Crippen LogP contribution in [0.3, 0.4) is 0 Å². The number of nitrogens with zero attached hydrogens (tertiary/aromatic N) is 1. The van der Waals surface area contributed by atoms with Gasteiger partial charge in [0.2, 0.25) is 0 Å². The quantitative estimate of drug-likeness (QED) is 0.356. The van der Waals surface area contributed by atoms with Gasteiger partial charge in [-0.3, -0.25) is 9.52 Å². The van der Waals surface area contributed by atoms with Gasteiger partial charge in [0.15, 0.2) is 11.5 Å². The Balaban J connectivity index is 1.73. The predicted molar refractivity (Wildman–Crippen MR) is 116 cm³/mol. The van der Waals surface area contributed by atoms with Crippen LogP contribution in [0.2, 0.25) is 0 Å². The molecule has 12 heteroatoms. The van der Waals surface area contributed by atoms with Crippen molar-refractivity contribution < 1.29 is 31.5 Å². The smallest absolute Gasteiger partial charge is 0.387 e. The normalized spacial score (nSPS) is 11.5. The minimum absolute atomic E-state index is 0.0584. The lowest BCUT2D eigenvalue weighted by molar-refractivity contribution is -0.0512. The molecular formula is C20H17F2N3O5S2. The number of anilines is 1. The molecule has 1 amide bonds. The number of hydrogen-bond donors (Lipinski definition) is 2. The summed E-state index contributed by atoms with van der Waals surface area (Å²) in [6.45, 7) is -3.00. The number of rotatable bonds is 9. The van der Waals surface area contributed by atoms with Crippen LogP contribution in [0, 0.1) is 0 Å². The number of carbonyl (C=O) groups excluding carboxylic acids is 1. The van der Waals surface area contributed by atoms with Gasteiger partial charge < -0.3 is 9.47 Å². The molecule has 0 radical (unpaired) electrons. The Hall–Kier alpha value is -3.51. The first-order chi connectivity index (χ1) is 15.3. The largest absolute Gasteiger partial charge is 0.493 e. The maximum Gasteiger partial charge on any atom is 0.387 e. The summed E-state index contributed by atoms with van der Waals surface area (Å²) in [5, 5.41) is 5.46. The molecule has 1 heterocycles. The Labute approximate surface area is 186 Å². The van der Waals surface area contributed by atoms with E-state index >= 15 is 0 Å². The molecule has 8 nitrogen and oxygen atoms in total. The Kier molecular flexibility index (Phi) is 7.38. The highest BCUT2D eigenvalue weighted by Crippen LogP contribution is 2.29. The summed E-state index contributed by atoms with van der Waals surface area (Å²) in [6, 6.07) is 13.2. The van der Waals surface area contributed by atoms with Gasteiger partial charge in [0.1, 0.15) is 4.21 Å². The van der Waals surface area contributed by atoms with Gasteiger partial charge in [-0.25, -0.2) is 13.8 Å². The van der Waals surface area contributed by atoms with Crippen molar-refractivity contribution in [1.29, 1.82) is 0 Å². The monoisotopic (exact) mass is 481 g/mol. The highest BCUT2D eigenvalue weighted by atomic mass is 32.2. The van der Waals surface area contributed by atoms with E-state index in [1.807, 2.05) is 0 Å². The second kappa shape index (κ2) is 10.2. The molecule has 0 spiro atoms. The lowest BCUT2D eigenvalue weighted by atomic mass is 10.2. The first kappa shape index (κ1) is 23.2. The summed E-state index contributed by atoms with van der Waals surface area (Å²) in [7, 11) is -2.54. The number of amides is 1. The summed E-state index contributed by atoms with van der Waals surface area (Å²) in [6.07, 6.45) is 1.27. The maximum atomic E-state index is 12.5. The van der Waals surface area contributed by atoms with Crippen LogP contribution in [0.4, 0.5) is 14.5 Å². The van der Waals surface area contributed by atoms with E-state index in [0.717, 1.165) is 11.3 Å². The number of halogens is 2. The van der Waals surface area contributed by atoms with Crippen molar-refractivity contribution in [3.05, 3.63) is 71.1 Å². The van der Waals surface area contributed by atoms with E-state index in [4.69, 9.17) is 4.74 Å². The summed E-state index contributed by atoms with van der Waals surface area (Å²) in [4.78, 5) is 12.5. The van der Waals surface area contributed by atoms with Crippen LogP contribution in [0.15, 0.2) is 69.3 Å². The number of sulfonamides is 1. The molecule has 0 saturated carbocycles. The Bertz CT molecular complexity index is 1220. The molecule has 0 aliphatic heterocycles. The van der Waals surface area contributed by atoms with Gasteiger partial charge in [0, 0.05) is 0 Å². The minimum atomic E-state index is -3.84. The summed E-state index contributed by atoms with van der Waals surface area (Å²) >= 11 is 1.05. The van der Waals surface area contributed by atoms with Crippen molar-refractivity contribution in [3.8, 4) is 11.5 Å². The predicted octanol–water partition coefficient (Wildman–Crippen LogP) is 3.92. The zero-order valence-electron chi connectivity index (χ0n) is 16.5. The van der Waals surface area contributed by atoms with E-state index in [1.54, 1.807) is 23.6 Å².